The minimum absolute atomic E-state index is 0.200. The molecule has 0 spiro atoms. The zero-order valence-corrected chi connectivity index (χ0v) is 16.7. The van der Waals surface area contributed by atoms with Crippen molar-refractivity contribution < 1.29 is 13.9 Å². The fraction of sp³-hybridized carbons (Fsp3) is 0.150. The van der Waals surface area contributed by atoms with Gasteiger partial charge in [0.25, 0.3) is 0 Å². The summed E-state index contributed by atoms with van der Waals surface area (Å²) in [5, 5.41) is 9.47. The van der Waals surface area contributed by atoms with Crippen molar-refractivity contribution in [1.29, 1.82) is 0 Å². The van der Waals surface area contributed by atoms with Gasteiger partial charge in [0, 0.05) is 17.4 Å². The summed E-state index contributed by atoms with van der Waals surface area (Å²) in [6.45, 7) is 0.373. The number of fused-ring (bicyclic) bond motifs is 1. The summed E-state index contributed by atoms with van der Waals surface area (Å²) in [6, 6.07) is 13.3. The molecule has 0 fully saturated rings. The van der Waals surface area contributed by atoms with Crippen LogP contribution in [0.1, 0.15) is 12.8 Å². The summed E-state index contributed by atoms with van der Waals surface area (Å²) in [6.07, 6.45) is 0.794. The van der Waals surface area contributed by atoms with Gasteiger partial charge in [-0.05, 0) is 42.8 Å². The number of amides is 1. The topological polar surface area (TPSA) is 68.5 Å². The maximum atomic E-state index is 13.1. The average Bonchev–Trinajstić information content (AvgIpc) is 3.27. The van der Waals surface area contributed by atoms with E-state index >= 15 is 0 Å². The lowest BCUT2D eigenvalue weighted by atomic mass is 10.2. The molecule has 0 aliphatic heterocycles. The number of anilines is 1. The van der Waals surface area contributed by atoms with Crippen LogP contribution in [0.3, 0.4) is 0 Å². The molecule has 9 heteroatoms. The first-order valence-corrected chi connectivity index (χ1v) is 10.1. The summed E-state index contributed by atoms with van der Waals surface area (Å²) in [5.74, 6) is 0.329. The van der Waals surface area contributed by atoms with Crippen molar-refractivity contribution in [3.63, 3.8) is 0 Å². The Bertz CT molecular complexity index is 1140. The molecule has 0 aliphatic carbocycles. The van der Waals surface area contributed by atoms with Crippen LogP contribution in [0, 0.1) is 5.82 Å². The van der Waals surface area contributed by atoms with Gasteiger partial charge in [-0.25, -0.2) is 8.91 Å². The van der Waals surface area contributed by atoms with Gasteiger partial charge in [0.15, 0.2) is 0 Å². The van der Waals surface area contributed by atoms with Crippen LogP contribution in [0.4, 0.5) is 10.3 Å². The summed E-state index contributed by atoms with van der Waals surface area (Å²) in [7, 11) is 0. The Labute approximate surface area is 174 Å². The molecule has 1 amide bonds. The lowest BCUT2D eigenvalue weighted by Crippen LogP contribution is -2.14. The highest BCUT2D eigenvalue weighted by molar-refractivity contribution is 7.15. The molecule has 0 radical (unpaired) electrons. The number of benzene rings is 2. The van der Waals surface area contributed by atoms with Crippen molar-refractivity contribution in [2.24, 2.45) is 0 Å². The number of nitrogens with zero attached hydrogens (tertiary/aromatic N) is 3. The van der Waals surface area contributed by atoms with Crippen molar-refractivity contribution in [2.75, 3.05) is 11.9 Å². The van der Waals surface area contributed by atoms with Gasteiger partial charge in [-0.1, -0.05) is 23.7 Å². The Morgan fingerprint density at radius 3 is 2.79 bits per heavy atom. The van der Waals surface area contributed by atoms with Gasteiger partial charge >= 0.3 is 0 Å². The van der Waals surface area contributed by atoms with E-state index < -0.39 is 0 Å². The summed E-state index contributed by atoms with van der Waals surface area (Å²) in [4.78, 5) is 17.1. The third kappa shape index (κ3) is 4.55. The van der Waals surface area contributed by atoms with Gasteiger partial charge in [0.05, 0.1) is 17.3 Å². The predicted molar refractivity (Wildman–Crippen MR) is 111 cm³/mol. The average molecular weight is 431 g/mol. The number of carbonyl (C=O) groups excluding carboxylic acids is 1. The Morgan fingerprint density at radius 1 is 1.21 bits per heavy atom. The number of aromatic nitrogens is 3. The molecule has 1 N–H and O–H groups in total. The van der Waals surface area contributed by atoms with Crippen LogP contribution >= 0.6 is 22.9 Å². The smallest absolute Gasteiger partial charge is 0.250 e. The third-order valence-corrected chi connectivity index (χ3v) is 5.24. The fourth-order valence-electron chi connectivity index (χ4n) is 2.72. The molecule has 148 valence electrons. The van der Waals surface area contributed by atoms with Crippen LogP contribution < -0.4 is 10.1 Å². The SMILES string of the molecule is O=C(CCCOc1ccccc1Cl)Nc1nc2scc(-c3ccc(F)cc3)n2n1. The van der Waals surface area contributed by atoms with E-state index in [1.54, 1.807) is 28.8 Å². The van der Waals surface area contributed by atoms with Gasteiger partial charge in [-0.3, -0.25) is 10.1 Å². The van der Waals surface area contributed by atoms with Crippen LogP contribution in [0.2, 0.25) is 5.02 Å². The predicted octanol–water partition coefficient (Wildman–Crippen LogP) is 5.05. The van der Waals surface area contributed by atoms with E-state index in [4.69, 9.17) is 16.3 Å². The van der Waals surface area contributed by atoms with Crippen molar-refractivity contribution in [3.05, 3.63) is 64.8 Å². The number of para-hydroxylation sites is 1. The van der Waals surface area contributed by atoms with Gasteiger partial charge in [0.2, 0.25) is 16.8 Å². The molecule has 2 heterocycles. The van der Waals surface area contributed by atoms with E-state index in [9.17, 15) is 9.18 Å². The largest absolute Gasteiger partial charge is 0.492 e. The van der Waals surface area contributed by atoms with Gasteiger partial charge in [-0.2, -0.15) is 4.98 Å². The maximum Gasteiger partial charge on any atom is 0.250 e. The minimum atomic E-state index is -0.301. The molecule has 29 heavy (non-hydrogen) atoms. The molecular weight excluding hydrogens is 415 g/mol. The molecule has 0 unspecified atom stereocenters. The number of nitrogens with one attached hydrogen (secondary N) is 1. The van der Waals surface area contributed by atoms with E-state index in [1.807, 2.05) is 17.5 Å². The van der Waals surface area contributed by atoms with Crippen LogP contribution in [-0.2, 0) is 4.79 Å². The normalized spacial score (nSPS) is 11.0. The Hall–Kier alpha value is -2.97. The summed E-state index contributed by atoms with van der Waals surface area (Å²) >= 11 is 7.42. The number of hydrogen-bond acceptors (Lipinski definition) is 5. The highest BCUT2D eigenvalue weighted by Crippen LogP contribution is 2.26. The van der Waals surface area contributed by atoms with E-state index in [1.165, 1.54) is 23.5 Å². The maximum absolute atomic E-state index is 13.1. The lowest BCUT2D eigenvalue weighted by Gasteiger charge is -2.07. The molecule has 6 nitrogen and oxygen atoms in total. The molecule has 2 aromatic heterocycles. The molecule has 0 bridgehead atoms. The molecule has 0 aliphatic rings. The van der Waals surface area contributed by atoms with Crippen molar-refractivity contribution >= 4 is 39.8 Å². The monoisotopic (exact) mass is 430 g/mol. The number of halogens is 2. The number of hydrogen-bond donors (Lipinski definition) is 1. The second-order valence-electron chi connectivity index (χ2n) is 6.19. The fourth-order valence-corrected chi connectivity index (χ4v) is 3.74. The van der Waals surface area contributed by atoms with Crippen LogP contribution in [0.15, 0.2) is 53.9 Å². The van der Waals surface area contributed by atoms with Crippen molar-refractivity contribution in [2.45, 2.75) is 12.8 Å². The van der Waals surface area contributed by atoms with Crippen molar-refractivity contribution in [1.82, 2.24) is 14.6 Å². The quantitative estimate of drug-likeness (QED) is 0.417. The van der Waals surface area contributed by atoms with Gasteiger partial charge < -0.3 is 4.74 Å². The Balaban J connectivity index is 1.34. The zero-order valence-electron chi connectivity index (χ0n) is 15.1. The van der Waals surface area contributed by atoms with E-state index in [-0.39, 0.29) is 24.1 Å². The van der Waals surface area contributed by atoms with Crippen LogP contribution in [0.5, 0.6) is 5.75 Å². The first kappa shape index (κ1) is 19.4. The molecule has 0 saturated heterocycles. The Morgan fingerprint density at radius 2 is 2.00 bits per heavy atom. The second-order valence-corrected chi connectivity index (χ2v) is 7.43. The first-order valence-electron chi connectivity index (χ1n) is 8.87. The highest BCUT2D eigenvalue weighted by atomic mass is 35.5. The van der Waals surface area contributed by atoms with E-state index in [0.717, 1.165) is 11.3 Å². The molecule has 0 atom stereocenters. The summed E-state index contributed by atoms with van der Waals surface area (Å²) < 4.78 is 20.3. The number of thiazole rings is 1. The first-order chi connectivity index (χ1) is 14.1. The van der Waals surface area contributed by atoms with Gasteiger partial charge in [-0.15, -0.1) is 16.4 Å². The van der Waals surface area contributed by atoms with E-state index in [0.29, 0.717) is 28.8 Å². The third-order valence-electron chi connectivity index (χ3n) is 4.12. The Kier molecular flexibility index (Phi) is 5.73. The van der Waals surface area contributed by atoms with Gasteiger partial charge in [0.1, 0.15) is 11.6 Å². The number of carbonyl (C=O) groups is 1. The van der Waals surface area contributed by atoms with Crippen LogP contribution in [-0.4, -0.2) is 27.1 Å². The molecule has 4 rings (SSSR count). The number of ether oxygens (including phenoxy) is 1. The van der Waals surface area contributed by atoms with Crippen molar-refractivity contribution in [3.8, 4) is 17.0 Å². The summed E-state index contributed by atoms with van der Waals surface area (Å²) in [5.41, 5.74) is 1.60. The van der Waals surface area contributed by atoms with Crippen LogP contribution in [0.25, 0.3) is 16.2 Å². The minimum Gasteiger partial charge on any atom is -0.492 e. The number of rotatable bonds is 7. The zero-order chi connectivity index (χ0) is 20.2. The molecule has 0 saturated carbocycles. The highest BCUT2D eigenvalue weighted by Gasteiger charge is 2.13. The van der Waals surface area contributed by atoms with E-state index in [2.05, 4.69) is 15.4 Å². The molecule has 2 aromatic carbocycles. The molecular formula is C20H16ClFN4O2S. The molecule has 4 aromatic rings. The standard InChI is InChI=1S/C20H16ClFN4O2S/c21-15-4-1-2-5-17(15)28-11-3-6-18(27)23-19-24-20-26(25-19)16(12-29-20)13-7-9-14(22)10-8-13/h1-2,4-5,7-10,12H,3,6,11H2,(H,23,25,27). The lowest BCUT2D eigenvalue weighted by molar-refractivity contribution is -0.116. The second kappa shape index (κ2) is 8.59.